The first kappa shape index (κ1) is 27.3. The van der Waals surface area contributed by atoms with Crippen molar-refractivity contribution >= 4 is 28.0 Å². The molecule has 2 N–H and O–H groups in total. The van der Waals surface area contributed by atoms with Crippen molar-refractivity contribution < 1.29 is 13.9 Å². The maximum atomic E-state index is 15.2. The molecule has 0 saturated heterocycles. The summed E-state index contributed by atoms with van der Waals surface area (Å²) >= 11 is 0. The maximum Gasteiger partial charge on any atom is 0.329 e. The number of aromatic amines is 1. The van der Waals surface area contributed by atoms with Crippen LogP contribution in [-0.4, -0.2) is 53.0 Å². The summed E-state index contributed by atoms with van der Waals surface area (Å²) in [5.74, 6) is -0.376. The normalized spacial score (nSPS) is 23.7. The summed E-state index contributed by atoms with van der Waals surface area (Å²) in [5.41, 5.74) is 5.16. The molecule has 2 fully saturated rings. The molecule has 44 heavy (non-hydrogen) atoms. The van der Waals surface area contributed by atoms with E-state index in [9.17, 15) is 9.59 Å². The van der Waals surface area contributed by atoms with Crippen molar-refractivity contribution in [3.8, 4) is 22.4 Å². The van der Waals surface area contributed by atoms with E-state index in [0.29, 0.717) is 48.3 Å². The minimum atomic E-state index is -0.579. The van der Waals surface area contributed by atoms with E-state index in [0.717, 1.165) is 47.7 Å². The Kier molecular flexibility index (Phi) is 6.13. The van der Waals surface area contributed by atoms with Crippen LogP contribution in [0.3, 0.4) is 0 Å². The van der Waals surface area contributed by atoms with Gasteiger partial charge in [0.25, 0.3) is 0 Å². The van der Waals surface area contributed by atoms with Crippen molar-refractivity contribution in [3.05, 3.63) is 58.7 Å². The molecule has 6 heterocycles. The fraction of sp³-hybridized carbons (Fsp3) is 0.455. The van der Waals surface area contributed by atoms with Gasteiger partial charge in [-0.25, -0.2) is 9.78 Å². The second kappa shape index (κ2) is 9.88. The zero-order valence-electron chi connectivity index (χ0n) is 25.2. The Hall–Kier alpha value is -4.25. The number of imidazole rings is 1. The monoisotopic (exact) mass is 597 g/mol. The molecule has 2 aliphatic heterocycles. The fourth-order valence-corrected chi connectivity index (χ4v) is 7.39. The molecule has 0 unspecified atom stereocenters. The van der Waals surface area contributed by atoms with Gasteiger partial charge in [-0.15, -0.1) is 5.10 Å². The van der Waals surface area contributed by atoms with E-state index in [2.05, 4.69) is 46.6 Å². The molecule has 11 heteroatoms. The van der Waals surface area contributed by atoms with Gasteiger partial charge >= 0.3 is 5.69 Å². The molecule has 2 aliphatic carbocycles. The van der Waals surface area contributed by atoms with Crippen LogP contribution in [0.1, 0.15) is 57.1 Å². The van der Waals surface area contributed by atoms with Gasteiger partial charge in [0.1, 0.15) is 5.65 Å². The minimum Gasteiger partial charge on any atom is -0.376 e. The van der Waals surface area contributed by atoms with Crippen molar-refractivity contribution in [2.75, 3.05) is 6.61 Å². The fourth-order valence-electron chi connectivity index (χ4n) is 7.39. The van der Waals surface area contributed by atoms with E-state index in [1.54, 1.807) is 31.1 Å². The highest BCUT2D eigenvalue weighted by Crippen LogP contribution is 2.44. The zero-order chi connectivity index (χ0) is 30.3. The SMILES string of the molecule is Cn1cc(-c2[nH]c3ncc4c5c3c2-c2ccc(cc2)CCCO[C@H]2C[C@H](CC[C@@]2(C)NC(=O)C2CC2)n5c(=O)n4C)c(F)n1. The van der Waals surface area contributed by atoms with Crippen LogP contribution in [0.5, 0.6) is 0 Å². The van der Waals surface area contributed by atoms with Crippen molar-refractivity contribution in [1.29, 1.82) is 0 Å². The van der Waals surface area contributed by atoms with E-state index in [1.165, 1.54) is 10.2 Å². The lowest BCUT2D eigenvalue weighted by atomic mass is 9.77. The number of fused-ring (bicyclic) bond motifs is 5. The molecule has 4 bridgehead atoms. The van der Waals surface area contributed by atoms with E-state index < -0.39 is 11.5 Å². The Balaban J connectivity index is 1.37. The number of nitrogens with one attached hydrogen (secondary N) is 2. The molecule has 1 amide bonds. The minimum absolute atomic E-state index is 0.0990. The molecule has 4 aliphatic rings. The molecule has 1 aromatic carbocycles. The number of carbonyl (C=O) groups is 1. The molecule has 5 aromatic rings. The third kappa shape index (κ3) is 4.23. The lowest BCUT2D eigenvalue weighted by molar-refractivity contribution is -0.128. The Morgan fingerprint density at radius 1 is 1.18 bits per heavy atom. The molecule has 0 radical (unpaired) electrons. The first-order valence-electron chi connectivity index (χ1n) is 15.6. The van der Waals surface area contributed by atoms with Crippen LogP contribution in [0.4, 0.5) is 4.39 Å². The number of ether oxygens (including phenoxy) is 1. The number of halogens is 1. The number of rotatable bonds is 3. The summed E-state index contributed by atoms with van der Waals surface area (Å²) in [6.45, 7) is 2.64. The smallest absolute Gasteiger partial charge is 0.329 e. The number of nitrogens with zero attached hydrogens (tertiary/aromatic N) is 5. The predicted octanol–water partition coefficient (Wildman–Crippen LogP) is 4.76. The van der Waals surface area contributed by atoms with Crippen LogP contribution in [-0.2, 0) is 30.0 Å². The number of amides is 1. The number of hydrogen-bond donors (Lipinski definition) is 2. The van der Waals surface area contributed by atoms with E-state index in [-0.39, 0.29) is 29.7 Å². The zero-order valence-corrected chi connectivity index (χ0v) is 25.2. The van der Waals surface area contributed by atoms with Gasteiger partial charge in [0, 0.05) is 44.4 Å². The van der Waals surface area contributed by atoms with Crippen LogP contribution in [0, 0.1) is 11.9 Å². The van der Waals surface area contributed by atoms with Gasteiger partial charge in [-0.3, -0.25) is 18.6 Å². The van der Waals surface area contributed by atoms with Gasteiger partial charge in [0.15, 0.2) is 0 Å². The van der Waals surface area contributed by atoms with Gasteiger partial charge in [0.2, 0.25) is 11.9 Å². The quantitative estimate of drug-likeness (QED) is 0.312. The lowest BCUT2D eigenvalue weighted by Crippen LogP contribution is -2.59. The highest BCUT2D eigenvalue weighted by atomic mass is 19.1. The lowest BCUT2D eigenvalue weighted by Gasteiger charge is -2.45. The largest absolute Gasteiger partial charge is 0.376 e. The van der Waals surface area contributed by atoms with Gasteiger partial charge in [-0.2, -0.15) is 4.39 Å². The topological polar surface area (TPSA) is 112 Å². The highest BCUT2D eigenvalue weighted by Gasteiger charge is 2.45. The van der Waals surface area contributed by atoms with Crippen molar-refractivity contribution in [1.82, 2.24) is 34.2 Å². The van der Waals surface area contributed by atoms with Crippen LogP contribution in [0.25, 0.3) is 44.5 Å². The summed E-state index contributed by atoms with van der Waals surface area (Å²) in [7, 11) is 3.46. The summed E-state index contributed by atoms with van der Waals surface area (Å²) in [6, 6.07) is 8.15. The van der Waals surface area contributed by atoms with Gasteiger partial charge in [-0.1, -0.05) is 24.3 Å². The number of hydrogen-bond acceptors (Lipinski definition) is 5. The van der Waals surface area contributed by atoms with Crippen LogP contribution in [0.2, 0.25) is 0 Å². The Morgan fingerprint density at radius 3 is 2.70 bits per heavy atom. The van der Waals surface area contributed by atoms with Gasteiger partial charge in [0.05, 0.1) is 45.5 Å². The third-order valence-corrected chi connectivity index (χ3v) is 10.0. The molecule has 0 spiro atoms. The molecule has 3 atom stereocenters. The first-order chi connectivity index (χ1) is 21.2. The summed E-state index contributed by atoms with van der Waals surface area (Å²) in [6.07, 6.45) is 8.62. The molecule has 9 rings (SSSR count). The highest BCUT2D eigenvalue weighted by molar-refractivity contribution is 6.14. The second-order valence-corrected chi connectivity index (χ2v) is 13.1. The van der Waals surface area contributed by atoms with Crippen molar-refractivity contribution in [2.45, 2.75) is 69.6 Å². The standard InChI is InChI=1S/C33H36FN7O3/c1-33(37-31(42)20-10-11-20)13-12-21-15-24(33)44-14-4-5-18-6-8-19(9-7-18)25-26-28-23(40(3)32(43)41(21)28)16-35-30(26)36-27(25)22-17-39(2)38-29(22)34/h6-9,16-17,20-21,24H,4-5,10-15H2,1-3H3,(H,35,36)(H,37,42)/t21-,24-,33+/m0/s1. The molecule has 228 valence electrons. The van der Waals surface area contributed by atoms with E-state index in [4.69, 9.17) is 9.72 Å². The van der Waals surface area contributed by atoms with Gasteiger partial charge in [-0.05, 0) is 63.0 Å². The molecular weight excluding hydrogens is 561 g/mol. The maximum absolute atomic E-state index is 15.2. The molecule has 2 saturated carbocycles. The number of benzene rings is 1. The van der Waals surface area contributed by atoms with E-state index in [1.807, 2.05) is 4.57 Å². The average Bonchev–Trinajstić information content (AvgIpc) is 3.65. The van der Waals surface area contributed by atoms with Crippen LogP contribution in [0.15, 0.2) is 41.5 Å². The summed E-state index contributed by atoms with van der Waals surface area (Å²) in [4.78, 5) is 35.2. The summed E-state index contributed by atoms with van der Waals surface area (Å²) in [5, 5.41) is 8.09. The van der Waals surface area contributed by atoms with Crippen LogP contribution < -0.4 is 11.0 Å². The average molecular weight is 598 g/mol. The number of aromatic nitrogens is 6. The number of pyridine rings is 1. The number of carbonyl (C=O) groups excluding carboxylic acids is 1. The second-order valence-electron chi connectivity index (χ2n) is 13.1. The summed E-state index contributed by atoms with van der Waals surface area (Å²) < 4.78 is 26.8. The third-order valence-electron chi connectivity index (χ3n) is 10.0. The molecule has 10 nitrogen and oxygen atoms in total. The predicted molar refractivity (Wildman–Crippen MR) is 165 cm³/mol. The Bertz CT molecular complexity index is 2000. The van der Waals surface area contributed by atoms with E-state index >= 15 is 4.39 Å². The van der Waals surface area contributed by atoms with Crippen molar-refractivity contribution in [3.63, 3.8) is 0 Å². The Morgan fingerprint density at radius 2 is 1.98 bits per heavy atom. The molecule has 4 aromatic heterocycles. The first-order valence-corrected chi connectivity index (χ1v) is 15.6. The Labute approximate surface area is 253 Å². The van der Waals surface area contributed by atoms with Crippen molar-refractivity contribution in [2.24, 2.45) is 20.0 Å². The number of H-pyrrole nitrogens is 1. The van der Waals surface area contributed by atoms with Crippen LogP contribution >= 0.6 is 0 Å². The molecular formula is C33H36FN7O3. The van der Waals surface area contributed by atoms with Gasteiger partial charge < -0.3 is 15.0 Å². The number of aryl methyl sites for hydroxylation is 3.